The van der Waals surface area contributed by atoms with E-state index in [9.17, 15) is 4.79 Å². The number of halogens is 2. The van der Waals surface area contributed by atoms with Gasteiger partial charge in [0.25, 0.3) is 0 Å². The maximum atomic E-state index is 10.6. The summed E-state index contributed by atoms with van der Waals surface area (Å²) >= 11 is 12.1. The maximum Gasteiger partial charge on any atom is 0.317 e. The predicted octanol–water partition coefficient (Wildman–Crippen LogP) is 3.33. The molecule has 1 heterocycles. The molecule has 19 heavy (non-hydrogen) atoms. The van der Waals surface area contributed by atoms with E-state index in [4.69, 9.17) is 28.3 Å². The lowest BCUT2D eigenvalue weighted by Gasteiger charge is -2.31. The Hall–Kier alpha value is -0.770. The van der Waals surface area contributed by atoms with Crippen molar-refractivity contribution in [2.45, 2.75) is 19.3 Å². The van der Waals surface area contributed by atoms with Crippen LogP contribution in [0.25, 0.3) is 0 Å². The van der Waals surface area contributed by atoms with E-state index in [-0.39, 0.29) is 6.54 Å². The van der Waals surface area contributed by atoms with E-state index in [2.05, 4.69) is 0 Å². The molecule has 1 aromatic rings. The molecule has 5 heteroatoms. The molecule has 0 amide bonds. The molecule has 2 rings (SSSR count). The molecule has 0 unspecified atom stereocenters. The molecule has 1 aliphatic heterocycles. The molecule has 0 spiro atoms. The van der Waals surface area contributed by atoms with Crippen LogP contribution in [0.1, 0.15) is 18.4 Å². The zero-order valence-corrected chi connectivity index (χ0v) is 12.1. The Balaban J connectivity index is 1.88. The van der Waals surface area contributed by atoms with Crippen molar-refractivity contribution in [3.8, 4) is 0 Å². The summed E-state index contributed by atoms with van der Waals surface area (Å²) in [5, 5.41) is 10.2. The van der Waals surface area contributed by atoms with Crippen molar-refractivity contribution in [1.29, 1.82) is 0 Å². The lowest BCUT2D eigenvalue weighted by atomic mass is 9.90. The lowest BCUT2D eigenvalue weighted by molar-refractivity contribution is -0.138. The van der Waals surface area contributed by atoms with Crippen LogP contribution in [-0.2, 0) is 11.2 Å². The first-order chi connectivity index (χ1) is 9.04. The first-order valence-corrected chi connectivity index (χ1v) is 7.18. The summed E-state index contributed by atoms with van der Waals surface area (Å²) in [6, 6.07) is 5.55. The Labute approximate surface area is 123 Å². The third-order valence-electron chi connectivity index (χ3n) is 3.58. The van der Waals surface area contributed by atoms with Crippen molar-refractivity contribution in [2.75, 3.05) is 19.6 Å². The van der Waals surface area contributed by atoms with Gasteiger partial charge < -0.3 is 5.11 Å². The average molecular weight is 302 g/mol. The van der Waals surface area contributed by atoms with Gasteiger partial charge in [0, 0.05) is 10.0 Å². The molecule has 3 nitrogen and oxygen atoms in total. The molecule has 1 N–H and O–H groups in total. The van der Waals surface area contributed by atoms with E-state index in [0.29, 0.717) is 10.9 Å². The Morgan fingerprint density at radius 1 is 1.32 bits per heavy atom. The summed E-state index contributed by atoms with van der Waals surface area (Å²) in [6.07, 6.45) is 2.94. The number of piperidine rings is 1. The fraction of sp³-hybridized carbons (Fsp3) is 0.500. The van der Waals surface area contributed by atoms with Crippen LogP contribution in [0.5, 0.6) is 0 Å². The number of aliphatic carboxylic acids is 1. The van der Waals surface area contributed by atoms with Gasteiger partial charge in [0.05, 0.1) is 6.54 Å². The summed E-state index contributed by atoms with van der Waals surface area (Å²) in [5.74, 6) is -0.197. The second-order valence-corrected chi connectivity index (χ2v) is 5.90. The van der Waals surface area contributed by atoms with Crippen LogP contribution in [0.2, 0.25) is 10.0 Å². The van der Waals surface area contributed by atoms with E-state index < -0.39 is 5.97 Å². The number of nitrogens with zero attached hydrogens (tertiary/aromatic N) is 1. The molecular formula is C14H17Cl2NO2. The second-order valence-electron chi connectivity index (χ2n) is 5.05. The highest BCUT2D eigenvalue weighted by Crippen LogP contribution is 2.27. The van der Waals surface area contributed by atoms with Crippen molar-refractivity contribution in [3.63, 3.8) is 0 Å². The van der Waals surface area contributed by atoms with Gasteiger partial charge in [-0.05, 0) is 62.0 Å². The molecule has 0 bridgehead atoms. The van der Waals surface area contributed by atoms with Crippen LogP contribution in [0.3, 0.4) is 0 Å². The molecule has 0 aromatic heterocycles. The maximum absolute atomic E-state index is 10.6. The van der Waals surface area contributed by atoms with Gasteiger partial charge in [-0.3, -0.25) is 9.69 Å². The summed E-state index contributed by atoms with van der Waals surface area (Å²) in [6.45, 7) is 1.83. The van der Waals surface area contributed by atoms with E-state index in [1.54, 1.807) is 6.07 Å². The first-order valence-electron chi connectivity index (χ1n) is 6.42. The van der Waals surface area contributed by atoms with Crippen molar-refractivity contribution in [1.82, 2.24) is 4.90 Å². The van der Waals surface area contributed by atoms with Crippen LogP contribution in [0.15, 0.2) is 18.2 Å². The molecule has 1 fully saturated rings. The van der Waals surface area contributed by atoms with Gasteiger partial charge in [0.15, 0.2) is 0 Å². The van der Waals surface area contributed by atoms with Crippen LogP contribution < -0.4 is 0 Å². The highest BCUT2D eigenvalue weighted by Gasteiger charge is 2.21. The zero-order chi connectivity index (χ0) is 13.8. The third-order valence-corrected chi connectivity index (χ3v) is 4.19. The Morgan fingerprint density at radius 2 is 2.00 bits per heavy atom. The van der Waals surface area contributed by atoms with E-state index >= 15 is 0 Å². The van der Waals surface area contributed by atoms with Crippen LogP contribution in [-0.4, -0.2) is 35.6 Å². The normalized spacial score (nSPS) is 17.6. The minimum atomic E-state index is -0.753. The van der Waals surface area contributed by atoms with Crippen LogP contribution >= 0.6 is 23.2 Å². The number of carboxylic acid groups (broad SMARTS) is 1. The van der Waals surface area contributed by atoms with Gasteiger partial charge in [-0.2, -0.15) is 0 Å². The monoisotopic (exact) mass is 301 g/mol. The van der Waals surface area contributed by atoms with Gasteiger partial charge >= 0.3 is 5.97 Å². The topological polar surface area (TPSA) is 40.5 Å². The molecule has 0 saturated carbocycles. The SMILES string of the molecule is O=C(O)CN1CCC(Cc2cc(Cl)ccc2Cl)CC1. The van der Waals surface area contributed by atoms with Crippen molar-refractivity contribution >= 4 is 29.2 Å². The number of hydrogen-bond acceptors (Lipinski definition) is 2. The van der Waals surface area contributed by atoms with Gasteiger partial charge in [0.1, 0.15) is 0 Å². The number of carbonyl (C=O) groups is 1. The Morgan fingerprint density at radius 3 is 2.63 bits per heavy atom. The summed E-state index contributed by atoms with van der Waals surface area (Å²) in [5.41, 5.74) is 1.09. The van der Waals surface area contributed by atoms with Gasteiger partial charge in [-0.25, -0.2) is 0 Å². The second kappa shape index (κ2) is 6.60. The summed E-state index contributed by atoms with van der Waals surface area (Å²) < 4.78 is 0. The average Bonchev–Trinajstić information content (AvgIpc) is 2.35. The van der Waals surface area contributed by atoms with Crippen molar-refractivity contribution < 1.29 is 9.90 Å². The van der Waals surface area contributed by atoms with E-state index in [1.165, 1.54) is 0 Å². The fourth-order valence-electron chi connectivity index (χ4n) is 2.55. The molecule has 104 valence electrons. The molecule has 0 aliphatic carbocycles. The van der Waals surface area contributed by atoms with Crippen molar-refractivity contribution in [2.24, 2.45) is 5.92 Å². The molecule has 1 aromatic carbocycles. The minimum absolute atomic E-state index is 0.143. The van der Waals surface area contributed by atoms with E-state index in [0.717, 1.165) is 42.9 Å². The highest BCUT2D eigenvalue weighted by molar-refractivity contribution is 6.33. The number of carboxylic acids is 1. The number of likely N-dealkylation sites (tertiary alicyclic amines) is 1. The van der Waals surface area contributed by atoms with Crippen LogP contribution in [0, 0.1) is 5.92 Å². The highest BCUT2D eigenvalue weighted by atomic mass is 35.5. The number of benzene rings is 1. The zero-order valence-electron chi connectivity index (χ0n) is 10.6. The van der Waals surface area contributed by atoms with Crippen LogP contribution in [0.4, 0.5) is 0 Å². The summed E-state index contributed by atoms with van der Waals surface area (Å²) in [4.78, 5) is 12.6. The minimum Gasteiger partial charge on any atom is -0.480 e. The number of rotatable bonds is 4. The fourth-order valence-corrected chi connectivity index (χ4v) is 2.94. The molecule has 0 atom stereocenters. The largest absolute Gasteiger partial charge is 0.480 e. The summed E-state index contributed by atoms with van der Waals surface area (Å²) in [7, 11) is 0. The third kappa shape index (κ3) is 4.37. The molecule has 1 saturated heterocycles. The quantitative estimate of drug-likeness (QED) is 0.927. The van der Waals surface area contributed by atoms with Gasteiger partial charge in [0.2, 0.25) is 0 Å². The van der Waals surface area contributed by atoms with E-state index in [1.807, 2.05) is 17.0 Å². The predicted molar refractivity (Wildman–Crippen MR) is 77.0 cm³/mol. The smallest absolute Gasteiger partial charge is 0.317 e. The number of hydrogen-bond donors (Lipinski definition) is 1. The lowest BCUT2D eigenvalue weighted by Crippen LogP contribution is -2.37. The molecule has 0 radical (unpaired) electrons. The van der Waals surface area contributed by atoms with Gasteiger partial charge in [-0.1, -0.05) is 23.2 Å². The Kier molecular flexibility index (Phi) is 5.08. The standard InChI is InChI=1S/C14H17Cl2NO2/c15-12-1-2-13(16)11(8-12)7-10-3-5-17(6-4-10)9-14(18)19/h1-2,8,10H,3-7,9H2,(H,18,19). The Bertz CT molecular complexity index is 457. The molecule has 1 aliphatic rings. The van der Waals surface area contributed by atoms with Crippen molar-refractivity contribution in [3.05, 3.63) is 33.8 Å². The first kappa shape index (κ1) is 14.6. The molecular weight excluding hydrogens is 285 g/mol. The van der Waals surface area contributed by atoms with Gasteiger partial charge in [-0.15, -0.1) is 0 Å².